The van der Waals surface area contributed by atoms with Gasteiger partial charge in [-0.15, -0.1) is 0 Å². The van der Waals surface area contributed by atoms with Crippen LogP contribution in [0.4, 0.5) is 4.79 Å². The summed E-state index contributed by atoms with van der Waals surface area (Å²) in [5.74, 6) is 0. The molecule has 0 spiro atoms. The Morgan fingerprint density at radius 3 is 2.94 bits per heavy atom. The number of rotatable bonds is 4. The van der Waals surface area contributed by atoms with E-state index in [1.54, 1.807) is 0 Å². The van der Waals surface area contributed by atoms with Crippen LogP contribution in [-0.2, 0) is 0 Å². The molecule has 0 radical (unpaired) electrons. The molecule has 2 aliphatic rings. The SMILES string of the molecule is CC(C)(CCN1CCN2C(=O)NCC2C1)C(N)=S. The van der Waals surface area contributed by atoms with Crippen molar-refractivity contribution in [3.63, 3.8) is 0 Å². The van der Waals surface area contributed by atoms with E-state index in [1.165, 1.54) is 0 Å². The number of carbonyl (C=O) groups excluding carboxylic acids is 1. The highest BCUT2D eigenvalue weighted by Gasteiger charge is 2.35. The highest BCUT2D eigenvalue weighted by Crippen LogP contribution is 2.22. The molecule has 102 valence electrons. The molecule has 2 saturated heterocycles. The van der Waals surface area contributed by atoms with Crippen molar-refractivity contribution in [1.29, 1.82) is 0 Å². The fraction of sp³-hybridized carbons (Fsp3) is 0.833. The fourth-order valence-electron chi connectivity index (χ4n) is 2.43. The van der Waals surface area contributed by atoms with Crippen LogP contribution in [0.2, 0.25) is 0 Å². The number of piperazine rings is 1. The molecule has 0 aromatic heterocycles. The van der Waals surface area contributed by atoms with E-state index in [-0.39, 0.29) is 11.4 Å². The van der Waals surface area contributed by atoms with E-state index < -0.39 is 0 Å². The van der Waals surface area contributed by atoms with Gasteiger partial charge in [0, 0.05) is 31.6 Å². The van der Waals surface area contributed by atoms with Crippen LogP contribution in [0.5, 0.6) is 0 Å². The van der Waals surface area contributed by atoms with Crippen molar-refractivity contribution in [1.82, 2.24) is 15.1 Å². The molecule has 1 unspecified atom stereocenters. The van der Waals surface area contributed by atoms with Gasteiger partial charge in [-0.3, -0.25) is 4.90 Å². The van der Waals surface area contributed by atoms with Gasteiger partial charge in [-0.1, -0.05) is 26.1 Å². The van der Waals surface area contributed by atoms with E-state index >= 15 is 0 Å². The Kier molecular flexibility index (Phi) is 3.77. The van der Waals surface area contributed by atoms with Crippen LogP contribution >= 0.6 is 12.2 Å². The van der Waals surface area contributed by atoms with Crippen molar-refractivity contribution >= 4 is 23.2 Å². The Morgan fingerprint density at radius 2 is 2.28 bits per heavy atom. The molecule has 2 fully saturated rings. The van der Waals surface area contributed by atoms with Crippen LogP contribution in [0.1, 0.15) is 20.3 Å². The molecule has 2 aliphatic heterocycles. The third-order valence-corrected chi connectivity index (χ3v) is 4.59. The number of fused-ring (bicyclic) bond motifs is 1. The second kappa shape index (κ2) is 5.01. The first kappa shape index (κ1) is 13.5. The predicted octanol–water partition coefficient (Wildman–Crippen LogP) is 0.398. The number of hydrogen-bond acceptors (Lipinski definition) is 3. The van der Waals surface area contributed by atoms with Crippen LogP contribution in [0.3, 0.4) is 0 Å². The lowest BCUT2D eigenvalue weighted by atomic mass is 9.89. The first-order valence-electron chi connectivity index (χ1n) is 6.47. The number of thiocarbonyl (C=S) groups is 1. The average molecular weight is 270 g/mol. The summed E-state index contributed by atoms with van der Waals surface area (Å²) in [6, 6.07) is 0.419. The van der Waals surface area contributed by atoms with Crippen molar-refractivity contribution in [2.45, 2.75) is 26.3 Å². The lowest BCUT2D eigenvalue weighted by Gasteiger charge is -2.37. The first-order valence-corrected chi connectivity index (χ1v) is 6.88. The van der Waals surface area contributed by atoms with Crippen molar-refractivity contribution in [2.75, 3.05) is 32.7 Å². The van der Waals surface area contributed by atoms with Gasteiger partial charge in [0.25, 0.3) is 0 Å². The summed E-state index contributed by atoms with van der Waals surface area (Å²) in [4.78, 5) is 16.4. The fourth-order valence-corrected chi connectivity index (χ4v) is 2.53. The lowest BCUT2D eigenvalue weighted by Crippen LogP contribution is -2.52. The molecule has 0 aromatic rings. The number of hydrogen-bond donors (Lipinski definition) is 2. The number of nitrogens with one attached hydrogen (secondary N) is 1. The topological polar surface area (TPSA) is 61.6 Å². The van der Waals surface area contributed by atoms with Gasteiger partial charge in [-0.25, -0.2) is 4.79 Å². The minimum atomic E-state index is -0.0871. The lowest BCUT2D eigenvalue weighted by molar-refractivity contribution is 0.115. The van der Waals surface area contributed by atoms with Crippen LogP contribution in [0.15, 0.2) is 0 Å². The smallest absolute Gasteiger partial charge is 0.317 e. The minimum absolute atomic E-state index is 0.0862. The van der Waals surface area contributed by atoms with E-state index in [0.717, 1.165) is 39.1 Å². The Bertz CT molecular complexity index is 358. The van der Waals surface area contributed by atoms with Gasteiger partial charge < -0.3 is 16.0 Å². The van der Waals surface area contributed by atoms with Gasteiger partial charge in [0.05, 0.1) is 11.0 Å². The standard InChI is InChI=1S/C12H22N4OS/c1-12(2,10(13)18)3-4-15-5-6-16-9(8-15)7-14-11(16)17/h9H,3-8H2,1-2H3,(H2,13,18)(H,14,17). The maximum Gasteiger partial charge on any atom is 0.317 e. The Morgan fingerprint density at radius 1 is 1.56 bits per heavy atom. The van der Waals surface area contributed by atoms with Gasteiger partial charge in [0.2, 0.25) is 0 Å². The highest BCUT2D eigenvalue weighted by molar-refractivity contribution is 7.80. The zero-order valence-corrected chi connectivity index (χ0v) is 11.9. The predicted molar refractivity (Wildman–Crippen MR) is 75.5 cm³/mol. The van der Waals surface area contributed by atoms with Crippen molar-refractivity contribution in [3.05, 3.63) is 0 Å². The molecule has 2 amide bonds. The molecular weight excluding hydrogens is 248 g/mol. The molecular formula is C12H22N4OS. The molecule has 5 nitrogen and oxygen atoms in total. The van der Waals surface area contributed by atoms with Gasteiger partial charge in [-0.05, 0) is 13.0 Å². The number of nitrogens with zero attached hydrogens (tertiary/aromatic N) is 2. The summed E-state index contributed by atoms with van der Waals surface area (Å²) in [5, 5.41) is 2.89. The summed E-state index contributed by atoms with van der Waals surface area (Å²) in [5.41, 5.74) is 5.65. The second-order valence-corrected chi connectivity index (χ2v) is 6.27. The molecule has 0 bridgehead atoms. The van der Waals surface area contributed by atoms with Gasteiger partial charge >= 0.3 is 6.03 Å². The number of nitrogens with two attached hydrogens (primary N) is 1. The average Bonchev–Trinajstić information content (AvgIpc) is 2.68. The van der Waals surface area contributed by atoms with Crippen molar-refractivity contribution in [3.8, 4) is 0 Å². The summed E-state index contributed by atoms with van der Waals surface area (Å²) in [6.45, 7) is 8.66. The maximum atomic E-state index is 11.5. The summed E-state index contributed by atoms with van der Waals surface area (Å²) in [7, 11) is 0. The third kappa shape index (κ3) is 2.75. The zero-order chi connectivity index (χ0) is 13.3. The van der Waals surface area contributed by atoms with E-state index in [4.69, 9.17) is 18.0 Å². The highest BCUT2D eigenvalue weighted by atomic mass is 32.1. The van der Waals surface area contributed by atoms with E-state index in [0.29, 0.717) is 11.0 Å². The minimum Gasteiger partial charge on any atom is -0.393 e. The van der Waals surface area contributed by atoms with E-state index in [9.17, 15) is 4.79 Å². The monoisotopic (exact) mass is 270 g/mol. The van der Waals surface area contributed by atoms with Crippen molar-refractivity contribution < 1.29 is 4.79 Å². The molecule has 0 saturated carbocycles. The number of carbonyl (C=O) groups is 1. The van der Waals surface area contributed by atoms with E-state index in [2.05, 4.69) is 24.1 Å². The summed E-state index contributed by atoms with van der Waals surface area (Å²) < 4.78 is 0. The largest absolute Gasteiger partial charge is 0.393 e. The Labute approximate surface area is 114 Å². The van der Waals surface area contributed by atoms with E-state index in [1.807, 2.05) is 4.90 Å². The number of urea groups is 1. The molecule has 6 heteroatoms. The third-order valence-electron chi connectivity index (χ3n) is 4.04. The van der Waals surface area contributed by atoms with Gasteiger partial charge in [0.15, 0.2) is 0 Å². The Hall–Kier alpha value is -0.880. The van der Waals surface area contributed by atoms with Crippen LogP contribution < -0.4 is 11.1 Å². The molecule has 2 heterocycles. The summed E-state index contributed by atoms with van der Waals surface area (Å²) >= 11 is 5.09. The molecule has 0 aliphatic carbocycles. The van der Waals surface area contributed by atoms with Crippen molar-refractivity contribution in [2.24, 2.45) is 11.1 Å². The van der Waals surface area contributed by atoms with Gasteiger partial charge in [0.1, 0.15) is 0 Å². The van der Waals surface area contributed by atoms with Crippen LogP contribution in [-0.4, -0.2) is 59.6 Å². The molecule has 2 rings (SSSR count). The molecule has 0 aromatic carbocycles. The van der Waals surface area contributed by atoms with Crippen LogP contribution in [0, 0.1) is 5.41 Å². The number of amides is 2. The molecule has 1 atom stereocenters. The second-order valence-electron chi connectivity index (χ2n) is 5.83. The normalized spacial score (nSPS) is 24.9. The van der Waals surface area contributed by atoms with Crippen LogP contribution in [0.25, 0.3) is 0 Å². The van der Waals surface area contributed by atoms with Gasteiger partial charge in [-0.2, -0.15) is 0 Å². The Balaban J connectivity index is 1.83. The molecule has 18 heavy (non-hydrogen) atoms. The quantitative estimate of drug-likeness (QED) is 0.726. The first-order chi connectivity index (χ1) is 8.40. The summed E-state index contributed by atoms with van der Waals surface area (Å²) in [6.07, 6.45) is 0.969. The maximum absolute atomic E-state index is 11.5. The zero-order valence-electron chi connectivity index (χ0n) is 11.1. The molecule has 3 N–H and O–H groups in total.